The van der Waals surface area contributed by atoms with Gasteiger partial charge in [-0.05, 0) is 49.8 Å². The van der Waals surface area contributed by atoms with Crippen molar-refractivity contribution in [3.05, 3.63) is 65.7 Å². The third-order valence-corrected chi connectivity index (χ3v) is 4.24. The van der Waals surface area contributed by atoms with E-state index in [2.05, 4.69) is 34.7 Å². The van der Waals surface area contributed by atoms with Gasteiger partial charge >= 0.3 is 0 Å². The van der Waals surface area contributed by atoms with Crippen molar-refractivity contribution in [2.24, 2.45) is 5.92 Å². The van der Waals surface area contributed by atoms with Gasteiger partial charge in [-0.1, -0.05) is 44.2 Å². The summed E-state index contributed by atoms with van der Waals surface area (Å²) in [4.78, 5) is 26.1. The predicted octanol–water partition coefficient (Wildman–Crippen LogP) is 3.53. The van der Waals surface area contributed by atoms with E-state index in [-0.39, 0.29) is 17.7 Å². The molecule has 0 saturated carbocycles. The van der Waals surface area contributed by atoms with Crippen molar-refractivity contribution in [3.8, 4) is 0 Å². The van der Waals surface area contributed by atoms with Gasteiger partial charge < -0.3 is 15.5 Å². The van der Waals surface area contributed by atoms with E-state index < -0.39 is 0 Å². The number of hydrogen-bond acceptors (Lipinski definition) is 3. The van der Waals surface area contributed by atoms with Crippen molar-refractivity contribution in [2.75, 3.05) is 25.5 Å². The van der Waals surface area contributed by atoms with Crippen LogP contribution >= 0.6 is 0 Å². The number of nitrogens with one attached hydrogen (secondary N) is 2. The number of anilines is 1. The molecule has 0 radical (unpaired) electrons. The lowest BCUT2D eigenvalue weighted by molar-refractivity contribution is -0.118. The second kappa shape index (κ2) is 10.5. The summed E-state index contributed by atoms with van der Waals surface area (Å²) in [6.07, 6.45) is 0.887. The normalized spacial score (nSPS) is 10.9. The molecule has 5 nitrogen and oxygen atoms in total. The van der Waals surface area contributed by atoms with Gasteiger partial charge in [-0.2, -0.15) is 0 Å². The largest absolute Gasteiger partial charge is 0.352 e. The first-order valence-corrected chi connectivity index (χ1v) is 9.37. The number of benzene rings is 2. The summed E-state index contributed by atoms with van der Waals surface area (Å²) in [6, 6.07) is 17.3. The van der Waals surface area contributed by atoms with Gasteiger partial charge in [0, 0.05) is 30.3 Å². The lowest BCUT2D eigenvalue weighted by Crippen LogP contribution is -2.28. The van der Waals surface area contributed by atoms with Crippen LogP contribution in [0.5, 0.6) is 0 Å². The number of carbonyl (C=O) groups is 2. The maximum atomic E-state index is 12.2. The minimum Gasteiger partial charge on any atom is -0.352 e. The molecule has 0 aliphatic heterocycles. The summed E-state index contributed by atoms with van der Waals surface area (Å²) in [5.74, 6) is -0.206. The lowest BCUT2D eigenvalue weighted by atomic mass is 10.1. The Labute approximate surface area is 161 Å². The maximum absolute atomic E-state index is 12.2. The Morgan fingerprint density at radius 3 is 2.30 bits per heavy atom. The van der Waals surface area contributed by atoms with Crippen molar-refractivity contribution in [3.63, 3.8) is 0 Å². The standard InChI is InChI=1S/C22H29N3O2/c1-17(2)21(26)24-20-12-10-19(11-13-20)22(27)23-14-7-15-25(3)16-18-8-5-4-6-9-18/h4-6,8-13,17H,7,14-16H2,1-3H3,(H,23,27)(H,24,26). The SMILES string of the molecule is CC(C)C(=O)Nc1ccc(C(=O)NCCCN(C)Cc2ccccc2)cc1. The topological polar surface area (TPSA) is 61.4 Å². The fraction of sp³-hybridized carbons (Fsp3) is 0.364. The van der Waals surface area contributed by atoms with Crippen LogP contribution < -0.4 is 10.6 Å². The van der Waals surface area contributed by atoms with Crippen LogP contribution in [0.15, 0.2) is 54.6 Å². The molecule has 0 aliphatic carbocycles. The zero-order chi connectivity index (χ0) is 19.6. The Balaban J connectivity index is 1.70. The average molecular weight is 367 g/mol. The van der Waals surface area contributed by atoms with Crippen LogP contribution in [0.25, 0.3) is 0 Å². The molecule has 0 aliphatic rings. The highest BCUT2D eigenvalue weighted by molar-refractivity contribution is 5.96. The fourth-order valence-corrected chi connectivity index (χ4v) is 2.62. The minimum absolute atomic E-state index is 0.0353. The molecule has 2 aromatic carbocycles. The van der Waals surface area contributed by atoms with Crippen molar-refractivity contribution in [1.29, 1.82) is 0 Å². The molecule has 0 fully saturated rings. The zero-order valence-corrected chi connectivity index (χ0v) is 16.4. The molecule has 2 N–H and O–H groups in total. The van der Waals surface area contributed by atoms with Crippen LogP contribution in [-0.4, -0.2) is 36.9 Å². The third kappa shape index (κ3) is 7.23. The summed E-state index contributed by atoms with van der Waals surface area (Å²) >= 11 is 0. The van der Waals surface area contributed by atoms with Gasteiger partial charge in [0.15, 0.2) is 0 Å². The van der Waals surface area contributed by atoms with Crippen molar-refractivity contribution >= 4 is 17.5 Å². The number of nitrogens with zero attached hydrogens (tertiary/aromatic N) is 1. The van der Waals surface area contributed by atoms with E-state index in [1.165, 1.54) is 5.56 Å². The molecular formula is C22H29N3O2. The Kier molecular flexibility index (Phi) is 8.01. The van der Waals surface area contributed by atoms with Crippen LogP contribution in [0, 0.1) is 5.92 Å². The number of hydrogen-bond donors (Lipinski definition) is 2. The van der Waals surface area contributed by atoms with E-state index in [4.69, 9.17) is 0 Å². The highest BCUT2D eigenvalue weighted by atomic mass is 16.2. The summed E-state index contributed by atoms with van der Waals surface area (Å²) < 4.78 is 0. The number of carbonyl (C=O) groups excluding carboxylic acids is 2. The first kappa shape index (κ1) is 20.6. The van der Waals surface area contributed by atoms with Gasteiger partial charge in [0.05, 0.1) is 0 Å². The van der Waals surface area contributed by atoms with Gasteiger partial charge in [-0.15, -0.1) is 0 Å². The molecule has 0 saturated heterocycles. The number of amides is 2. The average Bonchev–Trinajstić information content (AvgIpc) is 2.66. The molecule has 0 spiro atoms. The monoisotopic (exact) mass is 367 g/mol. The summed E-state index contributed by atoms with van der Waals surface area (Å²) in [6.45, 7) is 6.13. The first-order valence-electron chi connectivity index (χ1n) is 9.37. The van der Waals surface area contributed by atoms with Crippen LogP contribution in [0.4, 0.5) is 5.69 Å². The molecule has 0 heterocycles. The molecule has 2 aromatic rings. The molecule has 0 atom stereocenters. The lowest BCUT2D eigenvalue weighted by Gasteiger charge is -2.16. The van der Waals surface area contributed by atoms with Gasteiger partial charge in [0.2, 0.25) is 5.91 Å². The zero-order valence-electron chi connectivity index (χ0n) is 16.4. The Hall–Kier alpha value is -2.66. The summed E-state index contributed by atoms with van der Waals surface area (Å²) in [5, 5.41) is 5.76. The first-order chi connectivity index (χ1) is 13.0. The van der Waals surface area contributed by atoms with Crippen LogP contribution in [-0.2, 0) is 11.3 Å². The van der Waals surface area contributed by atoms with E-state index >= 15 is 0 Å². The molecule has 0 aromatic heterocycles. The van der Waals surface area contributed by atoms with Crippen molar-refractivity contribution < 1.29 is 9.59 Å². The number of rotatable bonds is 9. The molecule has 27 heavy (non-hydrogen) atoms. The van der Waals surface area contributed by atoms with Crippen LogP contribution in [0.1, 0.15) is 36.2 Å². The van der Waals surface area contributed by atoms with E-state index in [0.29, 0.717) is 17.8 Å². The fourth-order valence-electron chi connectivity index (χ4n) is 2.62. The molecular weight excluding hydrogens is 338 g/mol. The molecule has 2 amide bonds. The quantitative estimate of drug-likeness (QED) is 0.667. The smallest absolute Gasteiger partial charge is 0.251 e. The third-order valence-electron chi connectivity index (χ3n) is 4.24. The van der Waals surface area contributed by atoms with Gasteiger partial charge in [0.1, 0.15) is 0 Å². The van der Waals surface area contributed by atoms with E-state index in [1.807, 2.05) is 32.0 Å². The van der Waals surface area contributed by atoms with E-state index in [9.17, 15) is 9.59 Å². The molecule has 5 heteroatoms. The Bertz CT molecular complexity index is 727. The van der Waals surface area contributed by atoms with E-state index in [0.717, 1.165) is 19.5 Å². The van der Waals surface area contributed by atoms with Crippen LogP contribution in [0.2, 0.25) is 0 Å². The Morgan fingerprint density at radius 2 is 1.67 bits per heavy atom. The second-order valence-electron chi connectivity index (χ2n) is 7.05. The molecule has 0 unspecified atom stereocenters. The second-order valence-corrected chi connectivity index (χ2v) is 7.05. The summed E-state index contributed by atoms with van der Waals surface area (Å²) in [5.41, 5.74) is 2.58. The van der Waals surface area contributed by atoms with E-state index in [1.54, 1.807) is 24.3 Å². The van der Waals surface area contributed by atoms with Gasteiger partial charge in [-0.25, -0.2) is 0 Å². The predicted molar refractivity (Wildman–Crippen MR) is 110 cm³/mol. The van der Waals surface area contributed by atoms with Gasteiger partial charge in [0.25, 0.3) is 5.91 Å². The highest BCUT2D eigenvalue weighted by Crippen LogP contribution is 2.11. The highest BCUT2D eigenvalue weighted by Gasteiger charge is 2.09. The van der Waals surface area contributed by atoms with Crippen molar-refractivity contribution in [1.82, 2.24) is 10.2 Å². The maximum Gasteiger partial charge on any atom is 0.251 e. The van der Waals surface area contributed by atoms with Gasteiger partial charge in [-0.3, -0.25) is 9.59 Å². The van der Waals surface area contributed by atoms with Crippen LogP contribution in [0.3, 0.4) is 0 Å². The minimum atomic E-state index is -0.0950. The molecule has 2 rings (SSSR count). The Morgan fingerprint density at radius 1 is 1.00 bits per heavy atom. The molecule has 144 valence electrons. The summed E-state index contributed by atoms with van der Waals surface area (Å²) in [7, 11) is 2.08. The van der Waals surface area contributed by atoms with Crippen molar-refractivity contribution in [2.45, 2.75) is 26.8 Å². The molecule has 0 bridgehead atoms.